The minimum absolute atomic E-state index is 0. The first-order chi connectivity index (χ1) is 5.43. The summed E-state index contributed by atoms with van der Waals surface area (Å²) >= 11 is 0. The molecule has 0 aromatic heterocycles. The van der Waals surface area contributed by atoms with Crippen LogP contribution in [-0.2, 0) is 4.79 Å². The van der Waals surface area contributed by atoms with Gasteiger partial charge >= 0.3 is 87.0 Å². The van der Waals surface area contributed by atoms with Gasteiger partial charge in [-0.1, -0.05) is 0 Å². The van der Waals surface area contributed by atoms with Gasteiger partial charge in [-0.05, 0) is 0 Å². The summed E-state index contributed by atoms with van der Waals surface area (Å²) in [6.45, 7) is 0.318. The third-order valence-corrected chi connectivity index (χ3v) is 1.02. The van der Waals surface area contributed by atoms with Gasteiger partial charge in [0, 0.05) is 7.05 Å². The van der Waals surface area contributed by atoms with Crippen molar-refractivity contribution in [3.05, 3.63) is 0 Å². The Labute approximate surface area is 150 Å². The van der Waals surface area contributed by atoms with Crippen molar-refractivity contribution in [1.29, 1.82) is 5.41 Å². The van der Waals surface area contributed by atoms with Crippen LogP contribution < -0.4 is 97.7 Å². The molecule has 14 heavy (non-hydrogen) atoms. The predicted molar refractivity (Wildman–Crippen MR) is 44.5 cm³/mol. The minimum Gasteiger partial charge on any atom is -1.00 e. The molecule has 1 rings (SSSR count). The van der Waals surface area contributed by atoms with E-state index in [1.165, 1.54) is 0 Å². The Morgan fingerprint density at radius 2 is 2.00 bits per heavy atom. The van der Waals surface area contributed by atoms with E-state index >= 15 is 0 Å². The molecule has 0 saturated carbocycles. The number of nitrogens with two attached hydrogens (primary N) is 2. The van der Waals surface area contributed by atoms with Gasteiger partial charge in [-0.3, -0.25) is 15.5 Å². The molecule has 7 nitrogen and oxygen atoms in total. The number of nitrogens with one attached hydrogen (secondary N) is 2. The molecule has 0 aromatic rings. The predicted octanol–water partition coefficient (Wildman–Crippen LogP) is -7.76. The van der Waals surface area contributed by atoms with E-state index in [1.54, 1.807) is 11.9 Å². The number of primary amides is 2. The van der Waals surface area contributed by atoms with E-state index in [9.17, 15) is 4.79 Å². The molecule has 1 saturated heterocycles. The molecule has 0 aliphatic carbocycles. The zero-order valence-electron chi connectivity index (χ0n) is 10.6. The molecule has 0 aromatic carbocycles. The Bertz CT molecular complexity index is 229. The fraction of sp³-hybridized carbons (Fsp3) is 0.400. The van der Waals surface area contributed by atoms with Crippen LogP contribution in [0.4, 0.5) is 4.79 Å². The maximum Gasteiger partial charge on any atom is 1.00 e. The van der Waals surface area contributed by atoms with Crippen molar-refractivity contribution >= 4 is 17.9 Å². The van der Waals surface area contributed by atoms with E-state index in [4.69, 9.17) is 10.2 Å². The van der Waals surface area contributed by atoms with Gasteiger partial charge in [-0.25, -0.2) is 4.79 Å². The van der Waals surface area contributed by atoms with Crippen LogP contribution in [0, 0.1) is 5.41 Å². The molecule has 6 N–H and O–H groups in total. The summed E-state index contributed by atoms with van der Waals surface area (Å²) in [5, 5.41) is 9.32. The fourth-order valence-electron chi connectivity index (χ4n) is 0.561. The summed E-state index contributed by atoms with van der Waals surface area (Å²) in [4.78, 5) is 20.9. The average molecular weight is 237 g/mol. The van der Waals surface area contributed by atoms with Crippen LogP contribution in [0.5, 0.6) is 0 Å². The van der Waals surface area contributed by atoms with Crippen LogP contribution in [0.15, 0.2) is 0 Å². The van der Waals surface area contributed by atoms with Gasteiger partial charge in [0.05, 0.1) is 6.54 Å². The Hall–Kier alpha value is 0.846. The first-order valence-corrected chi connectivity index (χ1v) is 3.08. The second kappa shape index (κ2) is 10.4. The maximum atomic E-state index is 10.4. The number of likely N-dealkylation sites (N-methyl/N-ethyl adjacent to an activating group) is 1. The zero-order valence-corrected chi connectivity index (χ0v) is 13.7. The summed E-state index contributed by atoms with van der Waals surface area (Å²) in [6, 6.07) is -0.833. The van der Waals surface area contributed by atoms with Crippen molar-refractivity contribution in [3.63, 3.8) is 0 Å². The number of hydrogen-bond acceptors (Lipinski definition) is 3. The number of hydrogen-bond donors (Lipinski definition) is 4. The van der Waals surface area contributed by atoms with Gasteiger partial charge in [0.25, 0.3) is 0 Å². The van der Waals surface area contributed by atoms with E-state index in [0.717, 1.165) is 0 Å². The number of urea groups is 1. The Kier molecular flexibility index (Phi) is 15.0. The molecule has 0 radical (unpaired) electrons. The van der Waals surface area contributed by atoms with E-state index < -0.39 is 6.03 Å². The van der Waals surface area contributed by atoms with Crippen LogP contribution >= 0.6 is 0 Å². The smallest absolute Gasteiger partial charge is 1.00 e. The van der Waals surface area contributed by atoms with Gasteiger partial charge in [0.15, 0.2) is 5.96 Å². The van der Waals surface area contributed by atoms with Gasteiger partial charge in [-0.2, -0.15) is 0 Å². The molecule has 1 heterocycles. The summed E-state index contributed by atoms with van der Waals surface area (Å²) in [6.07, 6.45) is 0. The second-order valence-corrected chi connectivity index (χ2v) is 2.16. The molecule has 1 fully saturated rings. The number of carbonyl (C=O) groups excluding carboxylic acids is 2. The summed E-state index contributed by atoms with van der Waals surface area (Å²) in [7, 11) is 1.69. The van der Waals surface area contributed by atoms with Crippen molar-refractivity contribution in [2.45, 2.75) is 0 Å². The number of rotatable bonds is 0. The summed E-state index contributed by atoms with van der Waals surface area (Å²) in [5.74, 6) is 0.0903. The second-order valence-electron chi connectivity index (χ2n) is 2.16. The Balaban J connectivity index is -0.0000000458. The van der Waals surface area contributed by atoms with Crippen LogP contribution in [0.1, 0.15) is 2.85 Å². The Morgan fingerprint density at radius 3 is 2.07 bits per heavy atom. The zero-order chi connectivity index (χ0) is 9.72. The third-order valence-electron chi connectivity index (χ3n) is 1.02. The summed E-state index contributed by atoms with van der Waals surface area (Å²) in [5.41, 5.74) is 8.50. The van der Waals surface area contributed by atoms with Gasteiger partial charge in [0.1, 0.15) is 0 Å². The van der Waals surface area contributed by atoms with Crippen molar-refractivity contribution in [2.24, 2.45) is 11.5 Å². The SMILES string of the molecule is CN1CC(=O)NC1=N.NC(N)=O.[H-].[H-].[K+].[Na+]. The molecule has 9 heteroatoms. The van der Waals surface area contributed by atoms with Crippen molar-refractivity contribution in [1.82, 2.24) is 10.2 Å². The maximum absolute atomic E-state index is 10.4. The van der Waals surface area contributed by atoms with Crippen LogP contribution in [-0.4, -0.2) is 36.4 Å². The molecule has 3 amide bonds. The molecule has 0 bridgehead atoms. The van der Waals surface area contributed by atoms with Gasteiger partial charge in [0.2, 0.25) is 5.91 Å². The fourth-order valence-corrected chi connectivity index (χ4v) is 0.561. The molecule has 0 unspecified atom stereocenters. The normalized spacial score (nSPS) is 12.8. The first kappa shape index (κ1) is 20.3. The number of nitrogens with zero attached hydrogens (tertiary/aromatic N) is 1. The van der Waals surface area contributed by atoms with Crippen molar-refractivity contribution < 1.29 is 93.4 Å². The van der Waals surface area contributed by atoms with Crippen LogP contribution in [0.25, 0.3) is 0 Å². The van der Waals surface area contributed by atoms with Gasteiger partial charge < -0.3 is 19.2 Å². The monoisotopic (exact) mass is 237 g/mol. The Morgan fingerprint density at radius 1 is 1.64 bits per heavy atom. The molecular weight excluding hydrogens is 224 g/mol. The topological polar surface area (TPSA) is 125 Å². The quantitative estimate of drug-likeness (QED) is 0.313. The minimum atomic E-state index is -0.833. The van der Waals surface area contributed by atoms with E-state index in [0.29, 0.717) is 6.54 Å². The summed E-state index contributed by atoms with van der Waals surface area (Å²) < 4.78 is 0. The van der Waals surface area contributed by atoms with Crippen molar-refractivity contribution in [2.75, 3.05) is 13.6 Å². The van der Waals surface area contributed by atoms with Gasteiger partial charge in [-0.15, -0.1) is 0 Å². The first-order valence-electron chi connectivity index (χ1n) is 3.08. The molecule has 1 aliphatic heterocycles. The standard InChI is InChI=1S/C4H7N3O.CH4N2O.K.Na.2H/c1-7-2-3(8)6-4(7)5;2-1(3)4;;;;/h2H2,1H3,(H2,5,6,8);(H4,2,3,4);;;;/q;;2*+1;2*-1. The van der Waals surface area contributed by atoms with Crippen molar-refractivity contribution in [3.8, 4) is 0 Å². The average Bonchev–Trinajstić information content (AvgIpc) is 2.08. The number of carbonyl (C=O) groups is 2. The molecule has 0 atom stereocenters. The molecule has 1 aliphatic rings. The number of amides is 3. The van der Waals surface area contributed by atoms with E-state index in [2.05, 4.69) is 16.8 Å². The third kappa shape index (κ3) is 10.9. The van der Waals surface area contributed by atoms with E-state index in [-0.39, 0.29) is 95.7 Å². The molecule has 0 spiro atoms. The largest absolute Gasteiger partial charge is 1.00 e. The molecule has 72 valence electrons. The number of guanidine groups is 1. The van der Waals surface area contributed by atoms with Crippen LogP contribution in [0.2, 0.25) is 0 Å². The van der Waals surface area contributed by atoms with Crippen LogP contribution in [0.3, 0.4) is 0 Å². The molecular formula is C5H13KN5NaO2. The van der Waals surface area contributed by atoms with E-state index in [1.807, 2.05) is 0 Å².